The standard InChI is InChI=1S/C26H27BrN6O4S/c1-2-36-24-15-20(23(27)16-25(24)37-18-19-9-11-22(12-10-19)33(34)35)17-28-13-6-14-38-26-29-30-31-32(26)21-7-4-3-5-8-21/h3-5,7-12,15-16,28H,2,6,13-14,17-18H2,1H3. The largest absolute Gasteiger partial charge is 0.490 e. The summed E-state index contributed by atoms with van der Waals surface area (Å²) in [6, 6.07) is 20.0. The van der Waals surface area contributed by atoms with Crippen LogP contribution in [0.4, 0.5) is 5.69 Å². The Bertz CT molecular complexity index is 1340. The Balaban J connectivity index is 1.27. The van der Waals surface area contributed by atoms with Crippen LogP contribution in [0, 0.1) is 10.1 Å². The molecule has 38 heavy (non-hydrogen) atoms. The highest BCUT2D eigenvalue weighted by Crippen LogP contribution is 2.34. The van der Waals surface area contributed by atoms with Crippen LogP contribution < -0.4 is 14.8 Å². The number of ether oxygens (including phenoxy) is 2. The maximum atomic E-state index is 10.9. The minimum atomic E-state index is -0.420. The predicted molar refractivity (Wildman–Crippen MR) is 149 cm³/mol. The summed E-state index contributed by atoms with van der Waals surface area (Å²) in [6.07, 6.45) is 0.943. The minimum Gasteiger partial charge on any atom is -0.490 e. The average molecular weight is 600 g/mol. The van der Waals surface area contributed by atoms with Gasteiger partial charge in [-0.15, -0.1) is 5.10 Å². The molecular formula is C26H27BrN6O4S. The van der Waals surface area contributed by atoms with Gasteiger partial charge in [0.1, 0.15) is 6.61 Å². The number of halogens is 1. The van der Waals surface area contributed by atoms with E-state index in [4.69, 9.17) is 9.47 Å². The SMILES string of the molecule is CCOc1cc(CNCCCSc2nnnn2-c2ccccc2)c(Br)cc1OCc1ccc([N+](=O)[O-])cc1. The monoisotopic (exact) mass is 598 g/mol. The van der Waals surface area contributed by atoms with E-state index >= 15 is 0 Å². The van der Waals surface area contributed by atoms with Crippen LogP contribution >= 0.6 is 27.7 Å². The number of hydrogen-bond acceptors (Lipinski definition) is 9. The summed E-state index contributed by atoms with van der Waals surface area (Å²) >= 11 is 5.27. The molecule has 10 nitrogen and oxygen atoms in total. The number of nitrogens with zero attached hydrogens (tertiary/aromatic N) is 5. The van der Waals surface area contributed by atoms with Crippen LogP contribution in [0.15, 0.2) is 76.4 Å². The third kappa shape index (κ3) is 7.53. The molecule has 0 saturated carbocycles. The zero-order chi connectivity index (χ0) is 26.7. The van der Waals surface area contributed by atoms with Crippen LogP contribution in [0.1, 0.15) is 24.5 Å². The van der Waals surface area contributed by atoms with Crippen molar-refractivity contribution in [3.05, 3.63) is 92.4 Å². The van der Waals surface area contributed by atoms with Crippen molar-refractivity contribution in [2.45, 2.75) is 31.7 Å². The molecule has 12 heteroatoms. The predicted octanol–water partition coefficient (Wildman–Crippen LogP) is 5.58. The van der Waals surface area contributed by atoms with Gasteiger partial charge in [0.15, 0.2) is 11.5 Å². The molecule has 0 radical (unpaired) electrons. The van der Waals surface area contributed by atoms with Gasteiger partial charge in [-0.1, -0.05) is 45.9 Å². The first-order chi connectivity index (χ1) is 18.5. The first-order valence-corrected chi connectivity index (χ1v) is 13.8. The third-order valence-corrected chi connectivity index (χ3v) is 7.18. The highest BCUT2D eigenvalue weighted by Gasteiger charge is 2.13. The normalized spacial score (nSPS) is 10.9. The Morgan fingerprint density at radius 3 is 2.58 bits per heavy atom. The molecule has 0 unspecified atom stereocenters. The first-order valence-electron chi connectivity index (χ1n) is 12.0. The Kier molecular flexibility index (Phi) is 10.1. The molecule has 0 amide bonds. The van der Waals surface area contributed by atoms with E-state index in [-0.39, 0.29) is 12.3 Å². The topological polar surface area (TPSA) is 117 Å². The number of nitrogens with one attached hydrogen (secondary N) is 1. The highest BCUT2D eigenvalue weighted by atomic mass is 79.9. The van der Waals surface area contributed by atoms with Crippen LogP contribution in [0.25, 0.3) is 5.69 Å². The number of thioether (sulfide) groups is 1. The lowest BCUT2D eigenvalue weighted by molar-refractivity contribution is -0.384. The molecule has 198 valence electrons. The second kappa shape index (κ2) is 13.9. The molecule has 3 aromatic carbocycles. The molecule has 0 atom stereocenters. The summed E-state index contributed by atoms with van der Waals surface area (Å²) in [6.45, 7) is 4.19. The van der Waals surface area contributed by atoms with Gasteiger partial charge in [0, 0.05) is 28.9 Å². The average Bonchev–Trinajstić information content (AvgIpc) is 3.40. The van der Waals surface area contributed by atoms with E-state index in [9.17, 15) is 10.1 Å². The first kappa shape index (κ1) is 27.6. The zero-order valence-electron chi connectivity index (χ0n) is 20.7. The van der Waals surface area contributed by atoms with Crippen LogP contribution in [0.2, 0.25) is 0 Å². The smallest absolute Gasteiger partial charge is 0.269 e. The summed E-state index contributed by atoms with van der Waals surface area (Å²) in [5.41, 5.74) is 2.87. The number of hydrogen-bond donors (Lipinski definition) is 1. The number of non-ortho nitro benzene ring substituents is 1. The summed E-state index contributed by atoms with van der Waals surface area (Å²) < 4.78 is 14.5. The molecule has 4 rings (SSSR count). The van der Waals surface area contributed by atoms with Gasteiger partial charge in [0.2, 0.25) is 5.16 Å². The number of nitro benzene ring substituents is 1. The van der Waals surface area contributed by atoms with Crippen molar-refractivity contribution >= 4 is 33.4 Å². The minimum absolute atomic E-state index is 0.0504. The van der Waals surface area contributed by atoms with E-state index in [2.05, 4.69) is 36.8 Å². The van der Waals surface area contributed by atoms with Crippen LogP contribution in [-0.4, -0.2) is 44.0 Å². The number of benzene rings is 3. The van der Waals surface area contributed by atoms with Gasteiger partial charge < -0.3 is 14.8 Å². The molecule has 0 aliphatic heterocycles. The van der Waals surface area contributed by atoms with Crippen molar-refractivity contribution in [1.82, 2.24) is 25.5 Å². The number of tetrazole rings is 1. The molecule has 0 aliphatic rings. The van der Waals surface area contributed by atoms with Gasteiger partial charge in [0.25, 0.3) is 5.69 Å². The second-order valence-electron chi connectivity index (χ2n) is 8.12. The molecule has 1 N–H and O–H groups in total. The van der Waals surface area contributed by atoms with Gasteiger partial charge in [-0.3, -0.25) is 10.1 Å². The van der Waals surface area contributed by atoms with E-state index in [1.807, 2.05) is 49.4 Å². The fourth-order valence-corrected chi connectivity index (χ4v) is 4.84. The molecule has 1 aromatic heterocycles. The number of para-hydroxylation sites is 1. The van der Waals surface area contributed by atoms with E-state index in [1.54, 1.807) is 28.6 Å². The summed E-state index contributed by atoms with van der Waals surface area (Å²) in [7, 11) is 0. The van der Waals surface area contributed by atoms with Crippen molar-refractivity contribution in [3.8, 4) is 17.2 Å². The molecule has 0 aliphatic carbocycles. The van der Waals surface area contributed by atoms with Gasteiger partial charge in [-0.25, -0.2) is 0 Å². The maximum absolute atomic E-state index is 10.9. The van der Waals surface area contributed by atoms with Gasteiger partial charge in [0.05, 0.1) is 17.2 Å². The molecule has 0 fully saturated rings. The van der Waals surface area contributed by atoms with Gasteiger partial charge in [-0.2, -0.15) is 4.68 Å². The molecule has 4 aromatic rings. The fraction of sp³-hybridized carbons (Fsp3) is 0.269. The van der Waals surface area contributed by atoms with Crippen molar-refractivity contribution in [1.29, 1.82) is 0 Å². The van der Waals surface area contributed by atoms with Crippen LogP contribution in [0.5, 0.6) is 11.5 Å². The molecule has 0 spiro atoms. The number of rotatable bonds is 14. The number of aromatic nitrogens is 4. The Hall–Kier alpha value is -3.48. The zero-order valence-corrected chi connectivity index (χ0v) is 23.2. The summed E-state index contributed by atoms with van der Waals surface area (Å²) in [5, 5.41) is 27.1. The number of nitro groups is 1. The van der Waals surface area contributed by atoms with Crippen molar-refractivity contribution < 1.29 is 14.4 Å². The highest BCUT2D eigenvalue weighted by molar-refractivity contribution is 9.10. The van der Waals surface area contributed by atoms with Crippen molar-refractivity contribution in [3.63, 3.8) is 0 Å². The third-order valence-electron chi connectivity index (χ3n) is 5.44. The maximum Gasteiger partial charge on any atom is 0.269 e. The molecule has 0 saturated heterocycles. The van der Waals surface area contributed by atoms with E-state index in [1.165, 1.54) is 12.1 Å². The fourth-order valence-electron chi connectivity index (χ4n) is 3.55. The van der Waals surface area contributed by atoms with E-state index in [0.29, 0.717) is 24.7 Å². The second-order valence-corrected chi connectivity index (χ2v) is 10.0. The Morgan fingerprint density at radius 1 is 1.08 bits per heavy atom. The van der Waals surface area contributed by atoms with Crippen molar-refractivity contribution in [2.24, 2.45) is 0 Å². The summed E-state index contributed by atoms with van der Waals surface area (Å²) in [4.78, 5) is 10.4. The Morgan fingerprint density at radius 2 is 1.84 bits per heavy atom. The Labute approximate surface area is 233 Å². The lowest BCUT2D eigenvalue weighted by Gasteiger charge is -2.15. The molecule has 1 heterocycles. The molecule has 0 bridgehead atoms. The lowest BCUT2D eigenvalue weighted by Crippen LogP contribution is -2.16. The quantitative estimate of drug-likeness (QED) is 0.0858. The van der Waals surface area contributed by atoms with E-state index < -0.39 is 4.92 Å². The van der Waals surface area contributed by atoms with Crippen LogP contribution in [0.3, 0.4) is 0 Å². The van der Waals surface area contributed by atoms with Gasteiger partial charge >= 0.3 is 0 Å². The van der Waals surface area contributed by atoms with Crippen LogP contribution in [-0.2, 0) is 13.2 Å². The lowest BCUT2D eigenvalue weighted by atomic mass is 10.2. The molecular weight excluding hydrogens is 572 g/mol. The van der Waals surface area contributed by atoms with Gasteiger partial charge in [-0.05, 0) is 77.8 Å². The van der Waals surface area contributed by atoms with E-state index in [0.717, 1.165) is 45.2 Å². The van der Waals surface area contributed by atoms with Crippen molar-refractivity contribution in [2.75, 3.05) is 18.9 Å². The summed E-state index contributed by atoms with van der Waals surface area (Å²) in [5.74, 6) is 2.13.